The van der Waals surface area contributed by atoms with E-state index < -0.39 is 0 Å². The molecule has 3 aliphatic rings. The summed E-state index contributed by atoms with van der Waals surface area (Å²) in [5, 5.41) is 1.12. The molecule has 4 atom stereocenters. The van der Waals surface area contributed by atoms with E-state index in [4.69, 9.17) is 28.9 Å². The van der Waals surface area contributed by atoms with Crippen LogP contribution >= 0.6 is 23.2 Å². The Bertz CT molecular complexity index is 722. The molecule has 1 aromatic carbocycles. The Morgan fingerprint density at radius 1 is 1.10 bits per heavy atom. The fourth-order valence-electron chi connectivity index (χ4n) is 5.05. The van der Waals surface area contributed by atoms with Crippen LogP contribution in [-0.4, -0.2) is 9.55 Å². The van der Waals surface area contributed by atoms with E-state index in [1.807, 2.05) is 12.1 Å². The van der Waals surface area contributed by atoms with E-state index in [1.165, 1.54) is 19.3 Å². The van der Waals surface area contributed by atoms with Crippen LogP contribution in [0, 0.1) is 23.7 Å². The molecule has 3 fully saturated rings. The number of nitrogen functional groups attached to an aromatic ring is 1. The lowest BCUT2D eigenvalue weighted by molar-refractivity contribution is 0.456. The van der Waals surface area contributed by atoms with Gasteiger partial charge in [0.05, 0.1) is 21.1 Å². The summed E-state index contributed by atoms with van der Waals surface area (Å²) in [5.74, 6) is 4.08. The van der Waals surface area contributed by atoms with Gasteiger partial charge in [0.2, 0.25) is 5.95 Å². The van der Waals surface area contributed by atoms with Gasteiger partial charge in [0.1, 0.15) is 0 Å². The Balaban J connectivity index is 1.67. The van der Waals surface area contributed by atoms with Crippen molar-refractivity contribution in [1.82, 2.24) is 9.55 Å². The molecule has 0 aliphatic heterocycles. The van der Waals surface area contributed by atoms with Gasteiger partial charge < -0.3 is 10.3 Å². The third kappa shape index (κ3) is 1.31. The van der Waals surface area contributed by atoms with Gasteiger partial charge in [-0.1, -0.05) is 23.2 Å². The standard InChI is InChI=1S/C15H15Cl2N3/c16-8-4-10-11(5-9(8)17)20(15(18)19-10)14-12-6-1-2-7(3-6)13(12)14/h4-7,12-14H,1-3H2,(H2,18,19). The molecule has 1 heterocycles. The third-order valence-corrected chi connectivity index (χ3v) is 6.47. The zero-order valence-electron chi connectivity index (χ0n) is 10.9. The smallest absolute Gasteiger partial charge is 0.201 e. The number of rotatable bonds is 1. The molecule has 20 heavy (non-hydrogen) atoms. The van der Waals surface area contributed by atoms with Crippen molar-refractivity contribution in [1.29, 1.82) is 0 Å². The van der Waals surface area contributed by atoms with Crippen LogP contribution in [0.3, 0.4) is 0 Å². The van der Waals surface area contributed by atoms with Gasteiger partial charge in [0.15, 0.2) is 0 Å². The summed E-state index contributed by atoms with van der Waals surface area (Å²) in [6.07, 6.45) is 4.24. The molecule has 3 nitrogen and oxygen atoms in total. The van der Waals surface area contributed by atoms with Crippen molar-refractivity contribution in [2.45, 2.75) is 25.3 Å². The topological polar surface area (TPSA) is 43.8 Å². The maximum Gasteiger partial charge on any atom is 0.201 e. The van der Waals surface area contributed by atoms with Gasteiger partial charge >= 0.3 is 0 Å². The second-order valence-electron chi connectivity index (χ2n) is 6.57. The van der Waals surface area contributed by atoms with E-state index in [2.05, 4.69) is 9.55 Å². The van der Waals surface area contributed by atoms with Gasteiger partial charge in [-0.05, 0) is 55.1 Å². The van der Waals surface area contributed by atoms with Crippen molar-refractivity contribution in [2.24, 2.45) is 23.7 Å². The quantitative estimate of drug-likeness (QED) is 0.860. The summed E-state index contributed by atoms with van der Waals surface area (Å²) in [7, 11) is 0. The molecule has 3 saturated carbocycles. The molecule has 0 amide bonds. The zero-order valence-corrected chi connectivity index (χ0v) is 12.4. The fraction of sp³-hybridized carbons (Fsp3) is 0.533. The first kappa shape index (κ1) is 11.7. The van der Waals surface area contributed by atoms with Crippen LogP contribution in [0.2, 0.25) is 10.0 Å². The van der Waals surface area contributed by atoms with Crippen molar-refractivity contribution >= 4 is 40.2 Å². The third-order valence-electron chi connectivity index (χ3n) is 5.75. The molecular formula is C15H15Cl2N3. The van der Waals surface area contributed by atoms with E-state index >= 15 is 0 Å². The van der Waals surface area contributed by atoms with E-state index in [0.717, 1.165) is 34.7 Å². The number of hydrogen-bond acceptors (Lipinski definition) is 2. The van der Waals surface area contributed by atoms with Crippen molar-refractivity contribution in [3.8, 4) is 0 Å². The van der Waals surface area contributed by atoms with Gasteiger partial charge in [-0.15, -0.1) is 0 Å². The Hall–Kier alpha value is -0.930. The number of hydrogen-bond donors (Lipinski definition) is 1. The lowest BCUT2D eigenvalue weighted by Gasteiger charge is -2.12. The van der Waals surface area contributed by atoms with Crippen LogP contribution in [0.15, 0.2) is 12.1 Å². The minimum Gasteiger partial charge on any atom is -0.369 e. The van der Waals surface area contributed by atoms with Crippen molar-refractivity contribution in [3.63, 3.8) is 0 Å². The molecule has 0 radical (unpaired) electrons. The molecule has 0 spiro atoms. The predicted molar refractivity (Wildman–Crippen MR) is 81.0 cm³/mol. The van der Waals surface area contributed by atoms with Gasteiger partial charge in [-0.2, -0.15) is 0 Å². The first-order valence-electron chi connectivity index (χ1n) is 7.27. The molecule has 2 aromatic rings. The second-order valence-corrected chi connectivity index (χ2v) is 7.39. The molecule has 5 rings (SSSR count). The van der Waals surface area contributed by atoms with E-state index in [1.54, 1.807) is 0 Å². The number of halogens is 2. The summed E-state index contributed by atoms with van der Waals surface area (Å²) in [5.41, 5.74) is 8.07. The summed E-state index contributed by atoms with van der Waals surface area (Å²) >= 11 is 12.2. The van der Waals surface area contributed by atoms with Gasteiger partial charge in [-0.3, -0.25) is 0 Å². The molecule has 2 bridgehead atoms. The SMILES string of the molecule is Nc1nc2cc(Cl)c(Cl)cc2n1C1C2C3CCC(C3)C21. The number of imidazole rings is 1. The van der Waals surface area contributed by atoms with Crippen LogP contribution in [0.1, 0.15) is 25.3 Å². The molecule has 104 valence electrons. The zero-order chi connectivity index (χ0) is 13.6. The Labute approximate surface area is 127 Å². The highest BCUT2D eigenvalue weighted by molar-refractivity contribution is 6.42. The van der Waals surface area contributed by atoms with Crippen LogP contribution in [-0.2, 0) is 0 Å². The minimum absolute atomic E-state index is 0.542. The average Bonchev–Trinajstić information content (AvgIpc) is 2.73. The number of anilines is 1. The first-order chi connectivity index (χ1) is 9.65. The summed E-state index contributed by atoms with van der Waals surface area (Å²) in [6, 6.07) is 4.28. The molecule has 1 aromatic heterocycles. The maximum atomic E-state index is 6.17. The largest absolute Gasteiger partial charge is 0.369 e. The summed E-state index contributed by atoms with van der Waals surface area (Å²) in [6.45, 7) is 0. The number of nitrogens with two attached hydrogens (primary N) is 1. The summed E-state index contributed by atoms with van der Waals surface area (Å²) in [4.78, 5) is 4.47. The molecular weight excluding hydrogens is 293 g/mol. The summed E-state index contributed by atoms with van der Waals surface area (Å²) < 4.78 is 2.22. The van der Waals surface area contributed by atoms with Crippen molar-refractivity contribution in [2.75, 3.05) is 5.73 Å². The van der Waals surface area contributed by atoms with Crippen LogP contribution in [0.4, 0.5) is 5.95 Å². The lowest BCUT2D eigenvalue weighted by Crippen LogP contribution is -2.08. The Morgan fingerprint density at radius 3 is 2.45 bits per heavy atom. The van der Waals surface area contributed by atoms with E-state index in [9.17, 15) is 0 Å². The molecule has 3 aliphatic carbocycles. The highest BCUT2D eigenvalue weighted by atomic mass is 35.5. The van der Waals surface area contributed by atoms with Crippen molar-refractivity contribution < 1.29 is 0 Å². The highest BCUT2D eigenvalue weighted by Crippen LogP contribution is 2.72. The number of aromatic nitrogens is 2. The van der Waals surface area contributed by atoms with Crippen molar-refractivity contribution in [3.05, 3.63) is 22.2 Å². The lowest BCUT2D eigenvalue weighted by atomic mass is 10.0. The number of nitrogens with zero attached hydrogens (tertiary/aromatic N) is 2. The monoisotopic (exact) mass is 307 g/mol. The van der Waals surface area contributed by atoms with E-state index in [0.29, 0.717) is 22.0 Å². The van der Waals surface area contributed by atoms with Crippen LogP contribution < -0.4 is 5.73 Å². The number of benzene rings is 1. The van der Waals surface area contributed by atoms with Gasteiger partial charge in [0.25, 0.3) is 0 Å². The Morgan fingerprint density at radius 2 is 1.75 bits per heavy atom. The highest BCUT2D eigenvalue weighted by Gasteiger charge is 2.66. The first-order valence-corrected chi connectivity index (χ1v) is 8.03. The van der Waals surface area contributed by atoms with Gasteiger partial charge in [0, 0.05) is 6.04 Å². The van der Waals surface area contributed by atoms with Crippen LogP contribution in [0.25, 0.3) is 11.0 Å². The Kier molecular flexibility index (Phi) is 2.13. The van der Waals surface area contributed by atoms with Gasteiger partial charge in [-0.25, -0.2) is 4.98 Å². The number of fused-ring (bicyclic) bond motifs is 6. The van der Waals surface area contributed by atoms with Crippen LogP contribution in [0.5, 0.6) is 0 Å². The predicted octanol–water partition coefficient (Wildman–Crippen LogP) is 4.14. The normalized spacial score (nSPS) is 37.6. The maximum absolute atomic E-state index is 6.17. The molecule has 4 unspecified atom stereocenters. The molecule has 0 saturated heterocycles. The fourth-order valence-corrected chi connectivity index (χ4v) is 5.36. The molecule has 2 N–H and O–H groups in total. The van der Waals surface area contributed by atoms with E-state index in [-0.39, 0.29) is 0 Å². The second kappa shape index (κ2) is 3.63. The minimum atomic E-state index is 0.542. The molecule has 5 heteroatoms. The average molecular weight is 308 g/mol.